The molecule has 432 valence electrons. The van der Waals surface area contributed by atoms with Crippen LogP contribution in [-0.2, 0) is 52.8 Å². The van der Waals surface area contributed by atoms with E-state index >= 15 is 0 Å². The van der Waals surface area contributed by atoms with Crippen LogP contribution in [0.1, 0.15) is 170 Å². The molecule has 9 atom stereocenters. The number of alkyl carbamates (subject to hydrolysis) is 2. The van der Waals surface area contributed by atoms with E-state index in [4.69, 9.17) is 28.4 Å². The van der Waals surface area contributed by atoms with E-state index < -0.39 is 29.3 Å². The second-order valence-electron chi connectivity index (χ2n) is 21.4. The van der Waals surface area contributed by atoms with Crippen molar-refractivity contribution in [2.75, 3.05) is 92.0 Å². The van der Waals surface area contributed by atoms with E-state index in [-0.39, 0.29) is 43.9 Å². The topological polar surface area (TPSA) is 206 Å². The summed E-state index contributed by atoms with van der Waals surface area (Å²) in [5.41, 5.74) is -1.80. The zero-order chi connectivity index (χ0) is 54.2. The van der Waals surface area contributed by atoms with Crippen molar-refractivity contribution in [2.24, 2.45) is 0 Å². The lowest BCUT2D eigenvalue weighted by molar-refractivity contribution is -0.152. The highest BCUT2D eigenvalue weighted by atomic mass is 16.6. The Morgan fingerprint density at radius 1 is 0.453 bits per heavy atom. The normalized spacial score (nSPS) is 20.8. The van der Waals surface area contributed by atoms with E-state index in [1.807, 2.05) is 0 Å². The molecular weight excluding hydrogens is 965 g/mol. The maximum Gasteiger partial charge on any atom is 0.407 e. The number of rotatable bonds is 46. The van der Waals surface area contributed by atoms with Gasteiger partial charge in [0.1, 0.15) is 18.3 Å². The molecule has 0 saturated carbocycles. The molecule has 2 N–H and O–H groups in total. The van der Waals surface area contributed by atoms with Crippen LogP contribution in [-0.4, -0.2) is 175 Å². The zero-order valence-corrected chi connectivity index (χ0v) is 47.2. The quantitative estimate of drug-likeness (QED) is 0.0318. The molecule has 0 aromatic carbocycles. The second kappa shape index (κ2) is 37.1. The molecule has 75 heavy (non-hydrogen) atoms. The molecule has 20 heteroatoms. The summed E-state index contributed by atoms with van der Waals surface area (Å²) in [5.74, 6) is -0.217. The van der Waals surface area contributed by atoms with Gasteiger partial charge in [-0.1, -0.05) is 85.0 Å². The number of nitrogens with zero attached hydrogens (tertiary/aromatic N) is 6. The minimum atomic E-state index is -0.601. The summed E-state index contributed by atoms with van der Waals surface area (Å²) in [6.45, 7) is 22.2. The summed E-state index contributed by atoms with van der Waals surface area (Å²) in [6, 6.07) is 1.49. The first-order chi connectivity index (χ1) is 36.3. The lowest BCUT2D eigenvalue weighted by atomic mass is 10.1. The zero-order valence-electron chi connectivity index (χ0n) is 47.2. The highest BCUT2D eigenvalue weighted by Gasteiger charge is 2.34. The summed E-state index contributed by atoms with van der Waals surface area (Å²) >= 11 is 0. The number of carbonyl (C=O) groups excluding carboxylic acids is 3. The van der Waals surface area contributed by atoms with Crippen LogP contribution in [0.4, 0.5) is 9.59 Å². The van der Waals surface area contributed by atoms with Gasteiger partial charge in [-0.25, -0.2) is 37.7 Å². The Hall–Kier alpha value is -3.82. The highest BCUT2D eigenvalue weighted by Crippen LogP contribution is 2.20. The van der Waals surface area contributed by atoms with Crippen molar-refractivity contribution in [1.29, 1.82) is 0 Å². The van der Waals surface area contributed by atoms with Crippen LogP contribution in [0, 0.1) is 0 Å². The molecule has 1 aromatic rings. The van der Waals surface area contributed by atoms with Crippen molar-refractivity contribution in [3.63, 3.8) is 0 Å². The van der Waals surface area contributed by atoms with Crippen molar-refractivity contribution in [1.82, 2.24) is 39.0 Å². The summed E-state index contributed by atoms with van der Waals surface area (Å²) in [6.07, 6.45) is 13.6. The first-order valence-corrected chi connectivity index (χ1v) is 29.3. The molecule has 0 radical (unpaired) electrons. The molecule has 0 bridgehead atoms. The average molecular weight is 1070 g/mol. The monoisotopic (exact) mass is 1060 g/mol. The third-order valence-electron chi connectivity index (χ3n) is 14.3. The molecule has 20 nitrogen and oxygen atoms in total. The fraction of sp³-hybridized carbons (Fsp3) is 0.891. The molecule has 3 fully saturated rings. The minimum Gasteiger partial charge on any atom is -0.459 e. The van der Waals surface area contributed by atoms with Crippen molar-refractivity contribution >= 4 is 18.2 Å². The largest absolute Gasteiger partial charge is 0.459 e. The predicted octanol–water partition coefficient (Wildman–Crippen LogP) is 6.30. The Labute approximate surface area is 448 Å². The van der Waals surface area contributed by atoms with Crippen molar-refractivity contribution in [2.45, 2.75) is 226 Å². The lowest BCUT2D eigenvalue weighted by Crippen LogP contribution is -2.54. The number of ether oxygens (including phenoxy) is 6. The highest BCUT2D eigenvalue weighted by molar-refractivity contribution is 5.69. The van der Waals surface area contributed by atoms with Gasteiger partial charge < -0.3 is 39.1 Å². The fourth-order valence-corrected chi connectivity index (χ4v) is 9.02. The molecule has 3 aliphatic rings. The first-order valence-electron chi connectivity index (χ1n) is 29.3. The fourth-order valence-electron chi connectivity index (χ4n) is 9.02. The molecular formula is C55H100N8O12. The number of carbonyl (C=O) groups is 3. The van der Waals surface area contributed by atoms with Gasteiger partial charge in [0.25, 0.3) is 0 Å². The van der Waals surface area contributed by atoms with Crippen LogP contribution in [0.5, 0.6) is 0 Å². The standard InChI is InChI=1S/C55H100N8O12/c1-7-10-32-70-41-47(38-58-35-44(58)4)73-50(64)26-20-14-13-17-23-29-61-53(67)62(30-24-18-15-21-27-56-51(65)74-48(39-59-36-45(59)5)42-71-33-11-8-2)55(69)63(54(61)68)31-25-19-16-22-28-57-52(66)75-49(40-60-37-46(60)6)43-72-34-12-9-3/h44-49H,7-43H2,1-6H3,(H,56,65)(H,57,66). The molecule has 1 aromatic heterocycles. The van der Waals surface area contributed by atoms with E-state index in [2.05, 4.69) is 66.9 Å². The minimum absolute atomic E-state index is 0.172. The number of unbranched alkanes of at least 4 members (excludes halogenated alkanes) is 13. The lowest BCUT2D eigenvalue weighted by Gasteiger charge is -2.19. The Bertz CT molecular complexity index is 1700. The molecule has 9 unspecified atom stereocenters. The van der Waals surface area contributed by atoms with Gasteiger partial charge in [0.15, 0.2) is 0 Å². The molecule has 0 aliphatic carbocycles. The molecule has 3 aliphatic heterocycles. The molecule has 4 rings (SSSR count). The number of amides is 2. The van der Waals surface area contributed by atoms with Crippen molar-refractivity contribution in [3.05, 3.63) is 31.5 Å². The van der Waals surface area contributed by atoms with Gasteiger partial charge in [-0.15, -0.1) is 0 Å². The Morgan fingerprint density at radius 3 is 1.09 bits per heavy atom. The van der Waals surface area contributed by atoms with Gasteiger partial charge >= 0.3 is 35.2 Å². The van der Waals surface area contributed by atoms with Crippen molar-refractivity contribution < 1.29 is 42.8 Å². The number of hydrogen-bond donors (Lipinski definition) is 2. The van der Waals surface area contributed by atoms with Crippen LogP contribution < -0.4 is 27.7 Å². The number of nitrogens with one attached hydrogen (secondary N) is 2. The van der Waals surface area contributed by atoms with Crippen LogP contribution in [0.15, 0.2) is 14.4 Å². The maximum absolute atomic E-state index is 13.8. The van der Waals surface area contributed by atoms with E-state index in [9.17, 15) is 28.8 Å². The SMILES string of the molecule is CCCCOCC(CN1CC1C)OC(=O)CCCCCCCn1c(=O)n(CCCCCCNC(=O)OC(COCCCC)CN2CC2C)c(=O)n(CCCCCCNC(=O)OC(COCCCC)CN2CC2C)c1=O. The molecule has 4 heterocycles. The third-order valence-corrected chi connectivity index (χ3v) is 14.3. The summed E-state index contributed by atoms with van der Waals surface area (Å²) in [4.78, 5) is 86.3. The Morgan fingerprint density at radius 2 is 0.760 bits per heavy atom. The van der Waals surface area contributed by atoms with Crippen LogP contribution in [0.25, 0.3) is 0 Å². The first kappa shape index (κ1) is 63.7. The third kappa shape index (κ3) is 26.9. The van der Waals surface area contributed by atoms with Crippen LogP contribution >= 0.6 is 0 Å². The number of aromatic nitrogens is 3. The van der Waals surface area contributed by atoms with E-state index in [0.717, 1.165) is 90.3 Å². The molecule has 3 saturated heterocycles. The average Bonchev–Trinajstić information content (AvgIpc) is 4.35. The summed E-state index contributed by atoms with van der Waals surface area (Å²) in [5, 5.41) is 5.72. The summed E-state index contributed by atoms with van der Waals surface area (Å²) in [7, 11) is 0. The van der Waals surface area contributed by atoms with Crippen LogP contribution in [0.2, 0.25) is 0 Å². The second-order valence-corrected chi connectivity index (χ2v) is 21.4. The van der Waals surface area contributed by atoms with Gasteiger partial charge in [-0.3, -0.25) is 19.5 Å². The van der Waals surface area contributed by atoms with Crippen LogP contribution in [0.3, 0.4) is 0 Å². The van der Waals surface area contributed by atoms with Gasteiger partial charge in [-0.05, 0) is 78.6 Å². The predicted molar refractivity (Wildman–Crippen MR) is 291 cm³/mol. The smallest absolute Gasteiger partial charge is 0.407 e. The number of hydrogen-bond acceptors (Lipinski definition) is 15. The maximum atomic E-state index is 13.8. The van der Waals surface area contributed by atoms with Crippen molar-refractivity contribution in [3.8, 4) is 0 Å². The summed E-state index contributed by atoms with van der Waals surface area (Å²) < 4.78 is 38.2. The van der Waals surface area contributed by atoms with Gasteiger partial charge in [0.05, 0.1) is 19.8 Å². The molecule has 0 spiro atoms. The van der Waals surface area contributed by atoms with E-state index in [1.165, 1.54) is 13.7 Å². The van der Waals surface area contributed by atoms with Gasteiger partial charge in [0.2, 0.25) is 0 Å². The number of esters is 1. The molecule has 2 amide bonds. The Balaban J connectivity index is 1.23. The van der Waals surface area contributed by atoms with Gasteiger partial charge in [0, 0.05) is 116 Å². The van der Waals surface area contributed by atoms with Gasteiger partial charge in [-0.2, -0.15) is 0 Å². The van der Waals surface area contributed by atoms with E-state index in [0.29, 0.717) is 148 Å². The van der Waals surface area contributed by atoms with E-state index in [1.54, 1.807) is 0 Å². The Kier molecular flexibility index (Phi) is 31.5.